The van der Waals surface area contributed by atoms with Gasteiger partial charge in [0.1, 0.15) is 5.60 Å². The number of aryl methyl sites for hydroxylation is 2. The van der Waals surface area contributed by atoms with E-state index in [2.05, 4.69) is 15.0 Å². The Bertz CT molecular complexity index is 1540. The second-order valence-electron chi connectivity index (χ2n) is 10.3. The van der Waals surface area contributed by atoms with Gasteiger partial charge in [-0.05, 0) is 59.6 Å². The minimum Gasteiger partial charge on any atom is -0.444 e. The molecule has 4 aromatic heterocycles. The predicted octanol–water partition coefficient (Wildman–Crippen LogP) is 4.43. The number of halogens is 1. The number of fused-ring (bicyclic) bond motifs is 2. The number of aromatic nitrogens is 5. The molecule has 10 heteroatoms. The molecule has 0 aliphatic carbocycles. The van der Waals surface area contributed by atoms with E-state index >= 15 is 0 Å². The Labute approximate surface area is 207 Å². The van der Waals surface area contributed by atoms with Crippen LogP contribution in [0.25, 0.3) is 27.9 Å². The van der Waals surface area contributed by atoms with E-state index in [0.717, 1.165) is 0 Å². The molecule has 5 rings (SSSR count). The van der Waals surface area contributed by atoms with E-state index in [1.54, 1.807) is 52.4 Å². The number of nitrogens with zero attached hydrogens (tertiary/aromatic N) is 6. The van der Waals surface area contributed by atoms with Gasteiger partial charge in [-0.15, -0.1) is 0 Å². The van der Waals surface area contributed by atoms with Crippen molar-refractivity contribution in [2.75, 3.05) is 13.1 Å². The lowest BCUT2D eigenvalue weighted by Crippen LogP contribution is -2.43. The van der Waals surface area contributed by atoms with Crippen LogP contribution in [0.1, 0.15) is 51.0 Å². The molecule has 0 atom stereocenters. The number of ether oxygens (including phenoxy) is 1. The van der Waals surface area contributed by atoms with Crippen LogP contribution in [-0.4, -0.2) is 53.6 Å². The maximum atomic E-state index is 14.6. The Kier molecular flexibility index (Phi) is 5.77. The summed E-state index contributed by atoms with van der Waals surface area (Å²) in [5.74, 6) is -0.120. The molecule has 5 heterocycles. The fourth-order valence-corrected chi connectivity index (χ4v) is 4.70. The molecular formula is C26H29FN6O3. The molecule has 0 N–H and O–H groups in total. The van der Waals surface area contributed by atoms with E-state index < -0.39 is 11.4 Å². The van der Waals surface area contributed by atoms with Crippen LogP contribution >= 0.6 is 0 Å². The second-order valence-corrected chi connectivity index (χ2v) is 10.3. The molecule has 0 saturated carbocycles. The van der Waals surface area contributed by atoms with E-state index in [1.165, 1.54) is 6.07 Å². The van der Waals surface area contributed by atoms with Gasteiger partial charge in [-0.25, -0.2) is 24.1 Å². The first kappa shape index (κ1) is 23.9. The zero-order chi connectivity index (χ0) is 25.8. The summed E-state index contributed by atoms with van der Waals surface area (Å²) >= 11 is 0. The van der Waals surface area contributed by atoms with Crippen molar-refractivity contribution in [3.63, 3.8) is 0 Å². The summed E-state index contributed by atoms with van der Waals surface area (Å²) in [4.78, 5) is 40.8. The van der Waals surface area contributed by atoms with Gasteiger partial charge >= 0.3 is 6.09 Å². The first-order valence-corrected chi connectivity index (χ1v) is 12.0. The smallest absolute Gasteiger partial charge is 0.410 e. The topological polar surface area (TPSA) is 94.6 Å². The highest BCUT2D eigenvalue weighted by atomic mass is 19.1. The standard InChI is InChI=1S/C26H29FN6O3/c1-15-13-32-14-17(12-19(27)23(32)28-15)22-29-16(2)21-20(30-22)8-11-33(24(21)34)18-6-9-31(10-7-18)25(35)36-26(3,4)5/h8,11-14,18H,6-7,9-10H2,1-5H3. The summed E-state index contributed by atoms with van der Waals surface area (Å²) in [6.07, 6.45) is 6.18. The zero-order valence-corrected chi connectivity index (χ0v) is 21.1. The number of carbonyl (C=O) groups excluding carboxylic acids is 1. The number of pyridine rings is 2. The van der Waals surface area contributed by atoms with Gasteiger partial charge in [-0.3, -0.25) is 4.79 Å². The van der Waals surface area contributed by atoms with Crippen LogP contribution < -0.4 is 5.56 Å². The molecule has 0 unspecified atom stereocenters. The van der Waals surface area contributed by atoms with Gasteiger partial charge in [-0.1, -0.05) is 0 Å². The molecule has 1 saturated heterocycles. The molecule has 1 fully saturated rings. The third-order valence-electron chi connectivity index (χ3n) is 6.35. The van der Waals surface area contributed by atoms with Crippen molar-refractivity contribution < 1.29 is 13.9 Å². The number of rotatable bonds is 2. The lowest BCUT2D eigenvalue weighted by molar-refractivity contribution is 0.0187. The number of amides is 1. The molecule has 0 bridgehead atoms. The Morgan fingerprint density at radius 3 is 2.53 bits per heavy atom. The Morgan fingerprint density at radius 2 is 1.83 bits per heavy atom. The van der Waals surface area contributed by atoms with E-state index in [4.69, 9.17) is 4.74 Å². The van der Waals surface area contributed by atoms with Crippen LogP contribution in [0, 0.1) is 19.7 Å². The molecule has 188 valence electrons. The largest absolute Gasteiger partial charge is 0.444 e. The van der Waals surface area contributed by atoms with Gasteiger partial charge in [0.15, 0.2) is 17.3 Å². The van der Waals surface area contributed by atoms with Crippen LogP contribution in [0.3, 0.4) is 0 Å². The van der Waals surface area contributed by atoms with Crippen molar-refractivity contribution in [3.05, 3.63) is 58.3 Å². The number of hydrogen-bond acceptors (Lipinski definition) is 6. The molecule has 0 radical (unpaired) electrons. The third kappa shape index (κ3) is 4.43. The van der Waals surface area contributed by atoms with E-state index in [1.807, 2.05) is 20.8 Å². The molecular weight excluding hydrogens is 463 g/mol. The van der Waals surface area contributed by atoms with Gasteiger partial charge in [0.05, 0.1) is 22.3 Å². The van der Waals surface area contributed by atoms with Crippen LogP contribution in [0.5, 0.6) is 0 Å². The van der Waals surface area contributed by atoms with Crippen molar-refractivity contribution >= 4 is 22.6 Å². The van der Waals surface area contributed by atoms with E-state index in [9.17, 15) is 14.0 Å². The lowest BCUT2D eigenvalue weighted by atomic mass is 10.0. The minimum absolute atomic E-state index is 0.0411. The molecule has 0 aromatic carbocycles. The Morgan fingerprint density at radius 1 is 1.11 bits per heavy atom. The van der Waals surface area contributed by atoms with Gasteiger partial charge in [0.25, 0.3) is 5.56 Å². The molecule has 1 aliphatic heterocycles. The van der Waals surface area contributed by atoms with Crippen LogP contribution in [0.4, 0.5) is 9.18 Å². The number of likely N-dealkylation sites (tertiary alicyclic amines) is 1. The van der Waals surface area contributed by atoms with Crippen molar-refractivity contribution in [1.82, 2.24) is 28.8 Å². The summed E-state index contributed by atoms with van der Waals surface area (Å²) in [6, 6.07) is 3.12. The average Bonchev–Trinajstić information content (AvgIpc) is 3.19. The quantitative estimate of drug-likeness (QED) is 0.411. The highest BCUT2D eigenvalue weighted by Gasteiger charge is 2.28. The number of hydrogen-bond donors (Lipinski definition) is 0. The monoisotopic (exact) mass is 492 g/mol. The number of imidazole rings is 1. The lowest BCUT2D eigenvalue weighted by Gasteiger charge is -2.34. The Balaban J connectivity index is 1.43. The maximum Gasteiger partial charge on any atom is 0.410 e. The summed E-state index contributed by atoms with van der Waals surface area (Å²) in [6.45, 7) is 10.1. The molecule has 36 heavy (non-hydrogen) atoms. The van der Waals surface area contributed by atoms with E-state index in [-0.39, 0.29) is 23.3 Å². The maximum absolute atomic E-state index is 14.6. The summed E-state index contributed by atoms with van der Waals surface area (Å²) in [7, 11) is 0. The second kappa shape index (κ2) is 8.69. The van der Waals surface area contributed by atoms with Crippen LogP contribution in [0.15, 0.2) is 35.5 Å². The molecule has 9 nitrogen and oxygen atoms in total. The van der Waals surface area contributed by atoms with Crippen molar-refractivity contribution in [2.45, 2.75) is 59.1 Å². The fourth-order valence-electron chi connectivity index (χ4n) is 4.70. The number of carbonyl (C=O) groups is 1. The average molecular weight is 493 g/mol. The third-order valence-corrected chi connectivity index (χ3v) is 6.35. The molecule has 0 spiro atoms. The molecule has 4 aromatic rings. The summed E-state index contributed by atoms with van der Waals surface area (Å²) in [5.41, 5.74) is 1.78. The zero-order valence-electron chi connectivity index (χ0n) is 21.1. The van der Waals surface area contributed by atoms with Crippen molar-refractivity contribution in [3.8, 4) is 11.4 Å². The summed E-state index contributed by atoms with van der Waals surface area (Å²) < 4.78 is 23.4. The predicted molar refractivity (Wildman–Crippen MR) is 133 cm³/mol. The van der Waals surface area contributed by atoms with E-state index in [0.29, 0.717) is 59.6 Å². The Hall–Kier alpha value is -3.82. The van der Waals surface area contributed by atoms with Gasteiger partial charge in [-0.2, -0.15) is 0 Å². The first-order chi connectivity index (χ1) is 17.0. The molecule has 1 amide bonds. The number of piperidine rings is 1. The van der Waals surface area contributed by atoms with Gasteiger partial charge in [0.2, 0.25) is 0 Å². The summed E-state index contributed by atoms with van der Waals surface area (Å²) in [5, 5.41) is 0.441. The van der Waals surface area contributed by atoms with Gasteiger partial charge < -0.3 is 18.6 Å². The van der Waals surface area contributed by atoms with Crippen molar-refractivity contribution in [1.29, 1.82) is 0 Å². The highest BCUT2D eigenvalue weighted by Crippen LogP contribution is 2.26. The van der Waals surface area contributed by atoms with Crippen LogP contribution in [-0.2, 0) is 4.74 Å². The highest BCUT2D eigenvalue weighted by molar-refractivity contribution is 5.81. The van der Waals surface area contributed by atoms with Gasteiger partial charge in [0, 0.05) is 43.3 Å². The normalized spacial score (nSPS) is 15.1. The van der Waals surface area contributed by atoms with Crippen LogP contribution in [0.2, 0.25) is 0 Å². The SMILES string of the molecule is Cc1cn2cc(-c3nc(C)c4c(=O)n(C5CCN(C(=O)OC(C)(C)C)CC5)ccc4n3)cc(F)c2n1. The van der Waals surface area contributed by atoms with Crippen molar-refractivity contribution in [2.24, 2.45) is 0 Å². The molecule has 1 aliphatic rings. The first-order valence-electron chi connectivity index (χ1n) is 12.0. The minimum atomic E-state index is -0.547. The fraction of sp³-hybridized carbons (Fsp3) is 0.423.